The zero-order valence-electron chi connectivity index (χ0n) is 23.1. The van der Waals surface area contributed by atoms with Gasteiger partial charge in [-0.05, 0) is 84.6 Å². The topological polar surface area (TPSA) is 70.2 Å². The van der Waals surface area contributed by atoms with Gasteiger partial charge in [-0.15, -0.1) is 0 Å². The lowest BCUT2D eigenvalue weighted by Crippen LogP contribution is -2.23. The number of hydrogen-bond donors (Lipinski definition) is 3. The molecule has 43 heavy (non-hydrogen) atoms. The summed E-state index contributed by atoms with van der Waals surface area (Å²) in [4.78, 5) is 25.6. The first-order chi connectivity index (χ1) is 20.5. The van der Waals surface area contributed by atoms with Crippen LogP contribution in [0.1, 0.15) is 33.0 Å². The van der Waals surface area contributed by atoms with E-state index in [4.69, 9.17) is 58.0 Å². The van der Waals surface area contributed by atoms with Crippen LogP contribution in [0.25, 0.3) is 0 Å². The minimum Gasteiger partial charge on any atom is -0.385 e. The smallest absolute Gasteiger partial charge is 0.257 e. The van der Waals surface area contributed by atoms with Crippen LogP contribution in [0.4, 0.5) is 17.1 Å². The summed E-state index contributed by atoms with van der Waals surface area (Å²) < 4.78 is -1.37. The van der Waals surface area contributed by atoms with Crippen molar-refractivity contribution in [1.29, 1.82) is 0 Å². The van der Waals surface area contributed by atoms with E-state index in [9.17, 15) is 9.59 Å². The van der Waals surface area contributed by atoms with Crippen LogP contribution in [0, 0.1) is 12.3 Å². The molecule has 3 N–H and O–H groups in total. The Balaban J connectivity index is 1.24. The lowest BCUT2D eigenvalue weighted by Gasteiger charge is -2.16. The molecule has 10 heteroatoms. The first-order valence-corrected chi connectivity index (χ1v) is 15.5. The zero-order valence-corrected chi connectivity index (χ0v) is 26.8. The van der Waals surface area contributed by atoms with Crippen molar-refractivity contribution in [1.82, 2.24) is 0 Å². The van der Waals surface area contributed by atoms with E-state index in [0.29, 0.717) is 27.0 Å². The van der Waals surface area contributed by atoms with Crippen LogP contribution in [-0.2, 0) is 11.2 Å². The number of nitrogens with one attached hydrogen (secondary N) is 3. The van der Waals surface area contributed by atoms with E-state index in [2.05, 4.69) is 28.1 Å². The van der Waals surface area contributed by atoms with Crippen molar-refractivity contribution in [2.45, 2.75) is 23.6 Å². The zero-order chi connectivity index (χ0) is 30.8. The average molecular weight is 676 g/mol. The van der Waals surface area contributed by atoms with Gasteiger partial charge < -0.3 is 20.7 Å². The van der Waals surface area contributed by atoms with Crippen LogP contribution < -0.4 is 16.0 Å². The molecule has 0 radical (unpaired) electrons. The molecule has 0 heterocycles. The molecular weight excluding hydrogens is 648 g/mol. The monoisotopic (exact) mass is 673 g/mol. The van der Waals surface area contributed by atoms with Crippen molar-refractivity contribution in [3.63, 3.8) is 0 Å². The molecule has 4 aromatic rings. The molecule has 2 unspecified atom stereocenters. The summed E-state index contributed by atoms with van der Waals surface area (Å²) in [5.41, 5.74) is 4.17. The van der Waals surface area contributed by atoms with Crippen molar-refractivity contribution in [2.24, 2.45) is 5.41 Å². The van der Waals surface area contributed by atoms with E-state index >= 15 is 0 Å². The SMILES string of the molecule is Cc1cc(NCCc2ccccc2)ccc1NC(=O)c1cc(NCC2(C=O)C(c3cc(Cl)cc(Cl)c3)C2(Cl)Cl)ccc1Cl. The number of anilines is 3. The fourth-order valence-corrected chi connectivity index (χ4v) is 7.01. The van der Waals surface area contributed by atoms with Crippen LogP contribution in [0.15, 0.2) is 84.9 Å². The fourth-order valence-electron chi connectivity index (χ4n) is 5.29. The number of halogens is 5. The number of rotatable bonds is 11. The molecular formula is C33H28Cl5N3O2. The molecule has 0 saturated heterocycles. The van der Waals surface area contributed by atoms with Crippen molar-refractivity contribution in [2.75, 3.05) is 29.0 Å². The van der Waals surface area contributed by atoms with Crippen molar-refractivity contribution < 1.29 is 9.59 Å². The van der Waals surface area contributed by atoms with Crippen molar-refractivity contribution in [3.8, 4) is 0 Å². The predicted octanol–water partition coefficient (Wildman–Crippen LogP) is 9.43. The Bertz CT molecular complexity index is 1640. The maximum atomic E-state index is 13.3. The molecule has 5 rings (SSSR count). The molecule has 0 aliphatic heterocycles. The number of hydrogen-bond acceptors (Lipinski definition) is 4. The standard InChI is InChI=1S/C33H28Cl5N3O2/c1-20-13-25(39-12-11-21-5-3-2-4-6-21)8-10-29(20)41-31(43)27-17-26(7-9-28(27)36)40-18-32(19-42)30(33(32,37)38)22-14-23(34)16-24(35)15-22/h2-10,13-17,19,30,39-40H,11-12,18H2,1H3,(H,41,43). The highest BCUT2D eigenvalue weighted by Crippen LogP contribution is 2.73. The molecule has 1 saturated carbocycles. The highest BCUT2D eigenvalue weighted by atomic mass is 35.5. The number of aryl methyl sites for hydroxylation is 1. The maximum absolute atomic E-state index is 13.3. The summed E-state index contributed by atoms with van der Waals surface area (Å²) in [5, 5.41) is 10.7. The van der Waals surface area contributed by atoms with Gasteiger partial charge in [0, 0.05) is 46.1 Å². The van der Waals surface area contributed by atoms with Gasteiger partial charge in [0.15, 0.2) is 0 Å². The molecule has 5 nitrogen and oxygen atoms in total. The van der Waals surface area contributed by atoms with E-state index < -0.39 is 15.7 Å². The highest BCUT2D eigenvalue weighted by molar-refractivity contribution is 6.54. The first kappa shape index (κ1) is 31.5. The summed E-state index contributed by atoms with van der Waals surface area (Å²) in [6.45, 7) is 2.83. The third kappa shape index (κ3) is 6.77. The number of carbonyl (C=O) groups is 2. The number of aldehydes is 1. The molecule has 1 aliphatic rings. The van der Waals surface area contributed by atoms with E-state index in [1.807, 2.05) is 43.3 Å². The second-order valence-corrected chi connectivity index (χ2v) is 13.3. The largest absolute Gasteiger partial charge is 0.385 e. The molecule has 2 atom stereocenters. The Labute approximate surface area is 275 Å². The van der Waals surface area contributed by atoms with E-state index in [1.165, 1.54) is 5.56 Å². The second-order valence-electron chi connectivity index (χ2n) is 10.6. The Hall–Kier alpha value is -2.93. The van der Waals surface area contributed by atoms with E-state index in [1.54, 1.807) is 36.4 Å². The van der Waals surface area contributed by atoms with Gasteiger partial charge in [0.2, 0.25) is 0 Å². The quantitative estimate of drug-likeness (QED) is 0.109. The normalized spacial score (nSPS) is 18.5. The highest BCUT2D eigenvalue weighted by Gasteiger charge is 2.76. The Morgan fingerprint density at radius 2 is 1.53 bits per heavy atom. The maximum Gasteiger partial charge on any atom is 0.257 e. The molecule has 1 aliphatic carbocycles. The van der Waals surface area contributed by atoms with Gasteiger partial charge in [0.25, 0.3) is 5.91 Å². The molecule has 0 aromatic heterocycles. The molecule has 0 bridgehead atoms. The molecule has 4 aromatic carbocycles. The van der Waals surface area contributed by atoms with Crippen LogP contribution in [0.5, 0.6) is 0 Å². The predicted molar refractivity (Wildman–Crippen MR) is 180 cm³/mol. The van der Waals surface area contributed by atoms with E-state index in [-0.39, 0.29) is 23.0 Å². The van der Waals surface area contributed by atoms with Gasteiger partial charge in [-0.2, -0.15) is 0 Å². The van der Waals surface area contributed by atoms with Gasteiger partial charge in [-0.3, -0.25) is 4.79 Å². The number of carbonyl (C=O) groups excluding carboxylic acids is 2. The lowest BCUT2D eigenvalue weighted by molar-refractivity contribution is -0.112. The van der Waals surface area contributed by atoms with Crippen LogP contribution >= 0.6 is 58.0 Å². The minimum atomic E-state index is -1.37. The summed E-state index contributed by atoms with van der Waals surface area (Å²) in [6.07, 6.45) is 1.66. The second kappa shape index (κ2) is 13.0. The van der Waals surface area contributed by atoms with Gasteiger partial charge in [-0.1, -0.05) is 88.3 Å². The van der Waals surface area contributed by atoms with Gasteiger partial charge in [0.05, 0.1) is 16.0 Å². The Morgan fingerprint density at radius 3 is 2.21 bits per heavy atom. The summed E-state index contributed by atoms with van der Waals surface area (Å²) in [5.74, 6) is -0.896. The third-order valence-corrected chi connectivity index (χ3v) is 9.61. The number of alkyl halides is 2. The minimum absolute atomic E-state index is 0.110. The van der Waals surface area contributed by atoms with Gasteiger partial charge in [-0.25, -0.2) is 0 Å². The van der Waals surface area contributed by atoms with Gasteiger partial charge >= 0.3 is 0 Å². The number of benzene rings is 4. The lowest BCUT2D eigenvalue weighted by atomic mass is 10.00. The molecule has 222 valence electrons. The fraction of sp³-hybridized carbons (Fsp3) is 0.212. The molecule has 1 amide bonds. The summed E-state index contributed by atoms with van der Waals surface area (Å²) in [7, 11) is 0. The van der Waals surface area contributed by atoms with E-state index in [0.717, 1.165) is 30.5 Å². The number of amides is 1. The molecule has 0 spiro atoms. The van der Waals surface area contributed by atoms with Crippen LogP contribution in [0.3, 0.4) is 0 Å². The van der Waals surface area contributed by atoms with Crippen molar-refractivity contribution >= 4 is 87.3 Å². The summed E-state index contributed by atoms with van der Waals surface area (Å²) >= 11 is 32.0. The molecule has 1 fully saturated rings. The van der Waals surface area contributed by atoms with Crippen LogP contribution in [-0.4, -0.2) is 29.6 Å². The average Bonchev–Trinajstić information content (AvgIpc) is 3.48. The van der Waals surface area contributed by atoms with Gasteiger partial charge in [0.1, 0.15) is 10.6 Å². The first-order valence-electron chi connectivity index (χ1n) is 13.6. The Morgan fingerprint density at radius 1 is 0.860 bits per heavy atom. The summed E-state index contributed by atoms with van der Waals surface area (Å²) in [6, 6.07) is 26.0. The van der Waals surface area contributed by atoms with Crippen molar-refractivity contribution in [3.05, 3.63) is 122 Å². The Kier molecular flexibility index (Phi) is 9.50. The third-order valence-electron chi connectivity index (χ3n) is 7.70. The van der Waals surface area contributed by atoms with Crippen LogP contribution in [0.2, 0.25) is 15.1 Å².